The van der Waals surface area contributed by atoms with Crippen molar-refractivity contribution >= 4 is 177 Å². The summed E-state index contributed by atoms with van der Waals surface area (Å²) >= 11 is 0. The standard InChI is InChI=1S/C73H106O14Si15/c1-88(74-92(5,6)7)78-101(73-63-45-28-46-64-73,79-89(2)75-97(82-93(8,9)10,65-47-29-20-30-48-65)66-49-31-21-32-50-66)87-102(86-100(85-96(17,18)19,71-59-41-26-42-60-71)72-61-43-27-44-62-72,80-90(3)76-98(83-94(11,12)13,67-51-33-22-34-52-67)68-53-35-23-36-54-68)81-91(4)77-99(84-95(14,15)16,69-55-37-24-38-56-69)70-57-39-25-40-58-70/h20-64,88-91H,1-19H3. The quantitative estimate of drug-likeness (QED) is 0.0343. The normalized spacial score (nSPS) is 15.6. The molecule has 0 aliphatic heterocycles. The highest BCUT2D eigenvalue weighted by molar-refractivity contribution is 7.06. The highest BCUT2D eigenvalue weighted by Gasteiger charge is 2.67. The zero-order valence-corrected chi connectivity index (χ0v) is 78.6. The van der Waals surface area contributed by atoms with Gasteiger partial charge in [0.05, 0.1) is 0 Å². The van der Waals surface area contributed by atoms with Gasteiger partial charge in [-0.25, -0.2) is 0 Å². The molecule has 542 valence electrons. The van der Waals surface area contributed by atoms with Gasteiger partial charge in [0.25, 0.3) is 0 Å². The predicted molar refractivity (Wildman–Crippen MR) is 453 cm³/mol. The highest BCUT2D eigenvalue weighted by Crippen LogP contribution is 2.34. The Morgan fingerprint density at radius 1 is 0.176 bits per heavy atom. The van der Waals surface area contributed by atoms with Crippen molar-refractivity contribution < 1.29 is 57.6 Å². The van der Waals surface area contributed by atoms with Gasteiger partial charge in [-0.15, -0.1) is 0 Å². The van der Waals surface area contributed by atoms with Crippen LogP contribution in [0.1, 0.15) is 0 Å². The first-order valence-electron chi connectivity index (χ1n) is 35.2. The molecular formula is C73H106O14Si15. The van der Waals surface area contributed by atoms with Crippen LogP contribution in [0.4, 0.5) is 0 Å². The number of hydrogen-bond donors (Lipinski definition) is 0. The van der Waals surface area contributed by atoms with Crippen molar-refractivity contribution in [3.63, 3.8) is 0 Å². The third kappa shape index (κ3) is 21.9. The number of benzene rings is 9. The minimum Gasteiger partial charge on any atom is -0.439 e. The molecule has 0 heterocycles. The zero-order chi connectivity index (χ0) is 73.7. The van der Waals surface area contributed by atoms with Crippen LogP contribution < -0.4 is 46.7 Å². The van der Waals surface area contributed by atoms with E-state index in [1.54, 1.807) is 0 Å². The zero-order valence-electron chi connectivity index (χ0n) is 63.0. The lowest BCUT2D eigenvalue weighted by Crippen LogP contribution is -2.78. The van der Waals surface area contributed by atoms with Gasteiger partial charge in [0.1, 0.15) is 0 Å². The van der Waals surface area contributed by atoms with E-state index in [4.69, 9.17) is 57.6 Å². The molecule has 0 aliphatic rings. The molecular weight excluding hydrogens is 1520 g/mol. The summed E-state index contributed by atoms with van der Waals surface area (Å²) in [6.07, 6.45) is 0. The van der Waals surface area contributed by atoms with Crippen molar-refractivity contribution in [2.24, 2.45) is 0 Å². The molecule has 102 heavy (non-hydrogen) atoms. The van der Waals surface area contributed by atoms with Crippen molar-refractivity contribution in [3.05, 3.63) is 273 Å². The molecule has 0 N–H and O–H groups in total. The van der Waals surface area contributed by atoms with E-state index in [2.05, 4.69) is 208 Å². The molecule has 9 aromatic carbocycles. The molecule has 9 rings (SSSR count). The maximum Gasteiger partial charge on any atom is 0.645 e. The van der Waals surface area contributed by atoms with Crippen LogP contribution in [0.2, 0.25) is 124 Å². The van der Waals surface area contributed by atoms with Crippen LogP contribution in [0.15, 0.2) is 273 Å². The van der Waals surface area contributed by atoms with E-state index in [1.807, 2.05) is 189 Å². The van der Waals surface area contributed by atoms with Crippen molar-refractivity contribution in [3.8, 4) is 0 Å². The average Bonchev–Trinajstić information content (AvgIpc) is 0.737. The summed E-state index contributed by atoms with van der Waals surface area (Å²) in [6.45, 7) is 41.2. The summed E-state index contributed by atoms with van der Waals surface area (Å²) in [4.78, 5) is 0. The van der Waals surface area contributed by atoms with E-state index in [0.29, 0.717) is 5.19 Å². The third-order valence-corrected chi connectivity index (χ3v) is 66.1. The highest BCUT2D eigenvalue weighted by atomic mass is 28.6. The summed E-state index contributed by atoms with van der Waals surface area (Å²) in [6, 6.07) is 92.6. The van der Waals surface area contributed by atoms with E-state index in [0.717, 1.165) is 41.5 Å². The molecule has 9 aromatic rings. The first-order chi connectivity index (χ1) is 48.1. The van der Waals surface area contributed by atoms with Crippen LogP contribution in [0.3, 0.4) is 0 Å². The van der Waals surface area contributed by atoms with Crippen molar-refractivity contribution in [2.45, 2.75) is 124 Å². The monoisotopic (exact) mass is 1630 g/mol. The van der Waals surface area contributed by atoms with Gasteiger partial charge in [-0.1, -0.05) is 273 Å². The molecule has 5 atom stereocenters. The van der Waals surface area contributed by atoms with E-state index < -0.39 is 131 Å². The van der Waals surface area contributed by atoms with Gasteiger partial charge >= 0.3 is 89.2 Å². The molecule has 5 unspecified atom stereocenters. The van der Waals surface area contributed by atoms with Crippen LogP contribution in [0.5, 0.6) is 0 Å². The summed E-state index contributed by atoms with van der Waals surface area (Å²) in [5, 5.41) is 7.73. The van der Waals surface area contributed by atoms with Crippen molar-refractivity contribution in [2.75, 3.05) is 0 Å². The lowest BCUT2D eigenvalue weighted by Gasteiger charge is -2.48. The van der Waals surface area contributed by atoms with Crippen molar-refractivity contribution in [1.29, 1.82) is 0 Å². The Morgan fingerprint density at radius 3 is 0.578 bits per heavy atom. The third-order valence-electron chi connectivity index (χ3n) is 15.5. The van der Waals surface area contributed by atoms with Gasteiger partial charge in [-0.05, 0) is 166 Å². The molecule has 0 fully saturated rings. The molecule has 14 nitrogen and oxygen atoms in total. The second-order valence-electron chi connectivity index (χ2n) is 30.2. The van der Waals surface area contributed by atoms with Gasteiger partial charge in [-0.2, -0.15) is 0 Å². The molecule has 0 spiro atoms. The lowest BCUT2D eigenvalue weighted by molar-refractivity contribution is 0.0935. The molecule has 29 heteroatoms. The number of hydrogen-bond acceptors (Lipinski definition) is 14. The molecule has 0 aromatic heterocycles. The number of rotatable bonds is 37. The Bertz CT molecular complexity index is 3720. The van der Waals surface area contributed by atoms with Gasteiger partial charge in [0, 0.05) is 5.19 Å². The fourth-order valence-electron chi connectivity index (χ4n) is 12.3. The molecule has 0 bridgehead atoms. The summed E-state index contributed by atoms with van der Waals surface area (Å²) in [7, 11) is -52.1. The van der Waals surface area contributed by atoms with E-state index >= 15 is 0 Å². The van der Waals surface area contributed by atoms with E-state index in [-0.39, 0.29) is 0 Å². The molecule has 0 saturated carbocycles. The van der Waals surface area contributed by atoms with Crippen LogP contribution in [0, 0.1) is 0 Å². The Morgan fingerprint density at radius 2 is 0.363 bits per heavy atom. The maximum absolute atomic E-state index is 8.74. The largest absolute Gasteiger partial charge is 0.645 e. The topological polar surface area (TPSA) is 129 Å². The Balaban J connectivity index is 1.43. The van der Waals surface area contributed by atoms with Gasteiger partial charge in [-0.3, -0.25) is 0 Å². The fourth-order valence-corrected chi connectivity index (χ4v) is 72.3. The van der Waals surface area contributed by atoms with E-state index in [1.165, 1.54) is 0 Å². The second-order valence-corrected chi connectivity index (χ2v) is 80.6. The van der Waals surface area contributed by atoms with E-state index in [9.17, 15) is 0 Å². The van der Waals surface area contributed by atoms with Crippen LogP contribution >= 0.6 is 0 Å². The second kappa shape index (κ2) is 34.7. The smallest absolute Gasteiger partial charge is 0.439 e. The first-order valence-corrected chi connectivity index (χ1v) is 71.3. The minimum absolute atomic E-state index is 0.610. The molecule has 0 amide bonds. The lowest BCUT2D eigenvalue weighted by atomic mass is 10.4. The SMILES string of the molecule is C[SiH](O[Si](C)(C)C)O[Si](O[SiH](C)O[Si](O[Si](C)(C)C)(c1ccccc1)c1ccccc1)(O[Si](O[SiH](C)O[Si](O[Si](C)(C)C)(c1ccccc1)c1ccccc1)(O[SiH](C)O[Si](O[Si](C)(C)C)(c1ccccc1)c1ccccc1)O[Si](O[Si](C)(C)C)(c1ccccc1)c1ccccc1)c1ccccc1. The predicted octanol–water partition coefficient (Wildman–Crippen LogP) is 11.1. The summed E-state index contributed by atoms with van der Waals surface area (Å²) in [5.41, 5.74) is 0. The minimum atomic E-state index is -5.45. The maximum atomic E-state index is 8.74. The van der Waals surface area contributed by atoms with Crippen LogP contribution in [-0.2, 0) is 57.6 Å². The summed E-state index contributed by atoms with van der Waals surface area (Å²) < 4.78 is 113. The Labute approximate surface area is 627 Å². The average molecular weight is 1630 g/mol. The van der Waals surface area contributed by atoms with Crippen molar-refractivity contribution in [1.82, 2.24) is 0 Å². The van der Waals surface area contributed by atoms with Crippen LogP contribution in [0.25, 0.3) is 0 Å². The molecule has 0 radical (unpaired) electrons. The fraction of sp³-hybridized carbons (Fsp3) is 0.260. The molecule has 0 aliphatic carbocycles. The van der Waals surface area contributed by atoms with Crippen LogP contribution in [-0.4, -0.2) is 131 Å². The first kappa shape index (κ1) is 81.7. The Kier molecular flexibility index (Phi) is 27.8. The van der Waals surface area contributed by atoms with Gasteiger partial charge in [0.15, 0.2) is 41.6 Å². The Hall–Kier alpha value is -4.33. The molecule has 0 saturated heterocycles. The van der Waals surface area contributed by atoms with Gasteiger partial charge in [0.2, 0.25) is 0 Å². The van der Waals surface area contributed by atoms with Gasteiger partial charge < -0.3 is 57.6 Å². The summed E-state index contributed by atoms with van der Waals surface area (Å²) in [5.74, 6) is 0.